The summed E-state index contributed by atoms with van der Waals surface area (Å²) in [6.07, 6.45) is 1.29. The van der Waals surface area contributed by atoms with Gasteiger partial charge in [0.05, 0.1) is 16.6 Å². The van der Waals surface area contributed by atoms with Crippen LogP contribution >= 0.6 is 23.2 Å². The lowest BCUT2D eigenvalue weighted by molar-refractivity contribution is -0.146. The molecule has 0 aromatic heterocycles. The fourth-order valence-corrected chi connectivity index (χ4v) is 3.22. The van der Waals surface area contributed by atoms with E-state index in [9.17, 15) is 4.79 Å². The van der Waals surface area contributed by atoms with Crippen molar-refractivity contribution in [2.75, 3.05) is 26.1 Å². The number of esters is 1. The van der Waals surface area contributed by atoms with Crippen molar-refractivity contribution in [3.63, 3.8) is 0 Å². The van der Waals surface area contributed by atoms with Gasteiger partial charge in [0.25, 0.3) is 0 Å². The summed E-state index contributed by atoms with van der Waals surface area (Å²) in [6, 6.07) is 13.2. The molecule has 0 fully saturated rings. The van der Waals surface area contributed by atoms with E-state index in [0.717, 1.165) is 16.8 Å². The largest absolute Gasteiger partial charge is 0.440 e. The molecule has 0 aliphatic heterocycles. The van der Waals surface area contributed by atoms with Gasteiger partial charge in [0.2, 0.25) is 0 Å². The summed E-state index contributed by atoms with van der Waals surface area (Å²) in [4.78, 5) is 16.0. The number of aliphatic imine (C=N–C) groups is 1. The van der Waals surface area contributed by atoms with Gasteiger partial charge in [-0.1, -0.05) is 48.3 Å². The number of halogens is 2. The Morgan fingerprint density at radius 2 is 1.77 bits per heavy atom. The SMILES string of the molecule is COC(CNc1ccc(C=NC(CC(C)c2ccc(Cl)c(Cl)c2)OC(C)=O)cc1)OC. The van der Waals surface area contributed by atoms with Gasteiger partial charge in [-0.25, -0.2) is 4.99 Å². The third kappa shape index (κ3) is 8.50. The Kier molecular flexibility index (Phi) is 10.3. The van der Waals surface area contributed by atoms with Crippen LogP contribution in [-0.2, 0) is 19.0 Å². The lowest BCUT2D eigenvalue weighted by Gasteiger charge is -2.18. The van der Waals surface area contributed by atoms with E-state index in [1.165, 1.54) is 6.92 Å². The Morgan fingerprint density at radius 3 is 2.35 bits per heavy atom. The van der Waals surface area contributed by atoms with E-state index >= 15 is 0 Å². The number of ether oxygens (including phenoxy) is 3. The third-order valence-corrected chi connectivity index (χ3v) is 5.41. The molecule has 0 radical (unpaired) electrons. The van der Waals surface area contributed by atoms with Crippen LogP contribution in [0.2, 0.25) is 10.0 Å². The van der Waals surface area contributed by atoms with Crippen molar-refractivity contribution in [1.29, 1.82) is 0 Å². The smallest absolute Gasteiger partial charge is 0.304 e. The van der Waals surface area contributed by atoms with Gasteiger partial charge in [-0.05, 0) is 41.3 Å². The molecule has 8 heteroatoms. The number of carbonyl (C=O) groups is 1. The maximum atomic E-state index is 11.5. The lowest BCUT2D eigenvalue weighted by Crippen LogP contribution is -2.23. The van der Waals surface area contributed by atoms with Crippen molar-refractivity contribution in [3.8, 4) is 0 Å². The van der Waals surface area contributed by atoms with Crippen molar-refractivity contribution in [3.05, 3.63) is 63.6 Å². The first-order chi connectivity index (χ1) is 14.8. The Morgan fingerprint density at radius 1 is 1.10 bits per heavy atom. The van der Waals surface area contributed by atoms with Crippen LogP contribution in [0.1, 0.15) is 37.3 Å². The maximum Gasteiger partial charge on any atom is 0.304 e. The predicted molar refractivity (Wildman–Crippen MR) is 125 cm³/mol. The van der Waals surface area contributed by atoms with Crippen LogP contribution in [0.5, 0.6) is 0 Å². The number of hydrogen-bond donors (Lipinski definition) is 1. The monoisotopic (exact) mass is 466 g/mol. The molecule has 0 amide bonds. The molecule has 6 nitrogen and oxygen atoms in total. The van der Waals surface area contributed by atoms with Gasteiger partial charge in [-0.15, -0.1) is 0 Å². The molecule has 1 N–H and O–H groups in total. The molecule has 2 aromatic rings. The minimum absolute atomic E-state index is 0.0670. The average molecular weight is 467 g/mol. The summed E-state index contributed by atoms with van der Waals surface area (Å²) in [6.45, 7) is 3.93. The van der Waals surface area contributed by atoms with E-state index in [2.05, 4.69) is 10.3 Å². The maximum absolute atomic E-state index is 11.5. The van der Waals surface area contributed by atoms with Crippen LogP contribution in [0.3, 0.4) is 0 Å². The molecule has 31 heavy (non-hydrogen) atoms. The predicted octanol–water partition coefficient (Wildman–Crippen LogP) is 5.53. The van der Waals surface area contributed by atoms with E-state index < -0.39 is 6.23 Å². The molecule has 0 spiro atoms. The molecule has 2 unspecified atom stereocenters. The van der Waals surface area contributed by atoms with E-state index in [0.29, 0.717) is 23.0 Å². The van der Waals surface area contributed by atoms with Crippen LogP contribution in [0.15, 0.2) is 47.5 Å². The summed E-state index contributed by atoms with van der Waals surface area (Å²) in [5, 5.41) is 4.23. The van der Waals surface area contributed by atoms with Crippen LogP contribution in [0, 0.1) is 0 Å². The van der Waals surface area contributed by atoms with Gasteiger partial charge in [0, 0.05) is 39.5 Å². The highest BCUT2D eigenvalue weighted by Crippen LogP contribution is 2.29. The summed E-state index contributed by atoms with van der Waals surface area (Å²) in [5.74, 6) is -0.314. The zero-order valence-electron chi connectivity index (χ0n) is 18.1. The molecular weight excluding hydrogens is 439 g/mol. The molecule has 0 saturated carbocycles. The lowest BCUT2D eigenvalue weighted by atomic mass is 9.97. The third-order valence-electron chi connectivity index (χ3n) is 4.67. The van der Waals surface area contributed by atoms with Gasteiger partial charge in [-0.2, -0.15) is 0 Å². The normalized spacial score (nSPS) is 13.4. The minimum atomic E-state index is -0.607. The Balaban J connectivity index is 2.02. The number of benzene rings is 2. The van der Waals surface area contributed by atoms with E-state index in [4.69, 9.17) is 37.4 Å². The Labute approximate surface area is 193 Å². The molecule has 2 aromatic carbocycles. The zero-order chi connectivity index (χ0) is 22.8. The van der Waals surface area contributed by atoms with Gasteiger partial charge < -0.3 is 19.5 Å². The highest BCUT2D eigenvalue weighted by atomic mass is 35.5. The number of hydrogen-bond acceptors (Lipinski definition) is 6. The second-order valence-corrected chi connectivity index (χ2v) is 7.87. The van der Waals surface area contributed by atoms with Crippen molar-refractivity contribution < 1.29 is 19.0 Å². The number of nitrogens with zero attached hydrogens (tertiary/aromatic N) is 1. The number of nitrogens with one attached hydrogen (secondary N) is 1. The van der Waals surface area contributed by atoms with Gasteiger partial charge >= 0.3 is 5.97 Å². The van der Waals surface area contributed by atoms with Crippen LogP contribution in [-0.4, -0.2) is 45.5 Å². The van der Waals surface area contributed by atoms with E-state index in [-0.39, 0.29) is 18.2 Å². The molecular formula is C23H28Cl2N2O4. The summed E-state index contributed by atoms with van der Waals surface area (Å²) >= 11 is 12.1. The van der Waals surface area contributed by atoms with Gasteiger partial charge in [0.1, 0.15) is 0 Å². The Hall–Kier alpha value is -2.12. The topological polar surface area (TPSA) is 69.1 Å². The Bertz CT molecular complexity index is 870. The van der Waals surface area contributed by atoms with Crippen LogP contribution in [0.4, 0.5) is 5.69 Å². The number of anilines is 1. The zero-order valence-corrected chi connectivity index (χ0v) is 19.6. The first kappa shape index (κ1) is 25.1. The van der Waals surface area contributed by atoms with Crippen molar-refractivity contribution in [1.82, 2.24) is 0 Å². The summed E-state index contributed by atoms with van der Waals surface area (Å²) in [7, 11) is 3.19. The number of rotatable bonds is 11. The first-order valence-corrected chi connectivity index (χ1v) is 10.6. The fraction of sp³-hybridized carbons (Fsp3) is 0.391. The van der Waals surface area contributed by atoms with Crippen molar-refractivity contribution in [2.45, 2.75) is 38.7 Å². The number of carbonyl (C=O) groups excluding carboxylic acids is 1. The molecule has 2 rings (SSSR count). The average Bonchev–Trinajstić information content (AvgIpc) is 2.75. The van der Waals surface area contributed by atoms with Crippen molar-refractivity contribution >= 4 is 41.1 Å². The molecule has 2 atom stereocenters. The second kappa shape index (κ2) is 12.7. The van der Waals surface area contributed by atoms with Crippen LogP contribution in [0.25, 0.3) is 0 Å². The molecule has 168 valence electrons. The van der Waals surface area contributed by atoms with Crippen LogP contribution < -0.4 is 5.32 Å². The summed E-state index contributed by atoms with van der Waals surface area (Å²) < 4.78 is 15.7. The quantitative estimate of drug-likeness (QED) is 0.268. The molecule has 0 saturated heterocycles. The minimum Gasteiger partial charge on any atom is -0.440 e. The molecule has 0 aliphatic carbocycles. The number of methoxy groups -OCH3 is 2. The molecule has 0 bridgehead atoms. The molecule has 0 aliphatic rings. The van der Waals surface area contributed by atoms with Crippen molar-refractivity contribution in [2.24, 2.45) is 4.99 Å². The van der Waals surface area contributed by atoms with E-state index in [1.807, 2.05) is 43.3 Å². The van der Waals surface area contributed by atoms with Gasteiger partial charge in [-0.3, -0.25) is 4.79 Å². The highest BCUT2D eigenvalue weighted by Gasteiger charge is 2.17. The molecule has 0 heterocycles. The van der Waals surface area contributed by atoms with E-state index in [1.54, 1.807) is 26.5 Å². The summed E-state index contributed by atoms with van der Waals surface area (Å²) in [5.41, 5.74) is 2.82. The fourth-order valence-electron chi connectivity index (χ4n) is 2.91. The highest BCUT2D eigenvalue weighted by molar-refractivity contribution is 6.42. The standard InChI is InChI=1S/C23H28Cl2N2O4/c1-15(18-7-10-20(24)21(25)12-18)11-22(31-16(2)28)27-13-17-5-8-19(9-6-17)26-14-23(29-3)30-4/h5-10,12-13,15,22-23,26H,11,14H2,1-4H3. The first-order valence-electron chi connectivity index (χ1n) is 9.87. The van der Waals surface area contributed by atoms with Gasteiger partial charge in [0.15, 0.2) is 12.5 Å². The second-order valence-electron chi connectivity index (χ2n) is 7.06.